The second kappa shape index (κ2) is 6.12. The Labute approximate surface area is 94.3 Å². The van der Waals surface area contributed by atoms with Crippen molar-refractivity contribution in [2.45, 2.75) is 23.5 Å². The van der Waals surface area contributed by atoms with Gasteiger partial charge in [-0.15, -0.1) is 11.8 Å². The normalized spacial score (nSPS) is 14.9. The highest BCUT2D eigenvalue weighted by Crippen LogP contribution is 2.22. The molecule has 0 fully saturated rings. The van der Waals surface area contributed by atoms with Crippen LogP contribution in [0.5, 0.6) is 0 Å². The number of hydrogen-bond donors (Lipinski definition) is 3. The predicted octanol–water partition coefficient (Wildman–Crippen LogP) is 1.15. The number of aliphatic hydroxyl groups excluding tert-OH is 2. The Bertz CT molecular complexity index is 289. The molecule has 0 saturated carbocycles. The molecule has 1 aromatic carbocycles. The molecule has 4 N–H and O–H groups in total. The minimum absolute atomic E-state index is 0.376. The summed E-state index contributed by atoms with van der Waals surface area (Å²) in [4.78, 5) is 1.14. The lowest BCUT2D eigenvalue weighted by Gasteiger charge is -2.17. The lowest BCUT2D eigenvalue weighted by Crippen LogP contribution is -2.21. The van der Waals surface area contributed by atoms with E-state index in [9.17, 15) is 10.2 Å². The van der Waals surface area contributed by atoms with E-state index in [-0.39, 0.29) is 0 Å². The molecule has 15 heavy (non-hydrogen) atoms. The second-order valence-corrected chi connectivity index (χ2v) is 4.24. The van der Waals surface area contributed by atoms with E-state index in [0.717, 1.165) is 10.5 Å². The number of thioether (sulfide) groups is 1. The number of rotatable bonds is 5. The molecule has 0 aliphatic heterocycles. The van der Waals surface area contributed by atoms with Gasteiger partial charge in [-0.05, 0) is 36.9 Å². The highest BCUT2D eigenvalue weighted by Gasteiger charge is 2.16. The van der Waals surface area contributed by atoms with Gasteiger partial charge in [-0.3, -0.25) is 0 Å². The minimum atomic E-state index is -0.843. The van der Waals surface area contributed by atoms with Gasteiger partial charge >= 0.3 is 0 Å². The first-order valence-corrected chi connectivity index (χ1v) is 6.11. The summed E-state index contributed by atoms with van der Waals surface area (Å²) in [6, 6.07) is 7.52. The van der Waals surface area contributed by atoms with Gasteiger partial charge in [0.15, 0.2) is 0 Å². The number of aliphatic hydroxyl groups is 2. The van der Waals surface area contributed by atoms with Crippen molar-refractivity contribution >= 4 is 11.8 Å². The van der Waals surface area contributed by atoms with E-state index in [0.29, 0.717) is 13.0 Å². The van der Waals surface area contributed by atoms with Crippen LogP contribution in [0.1, 0.15) is 18.1 Å². The molecule has 84 valence electrons. The zero-order valence-corrected chi connectivity index (χ0v) is 9.57. The lowest BCUT2D eigenvalue weighted by atomic mass is 10.0. The predicted molar refractivity (Wildman–Crippen MR) is 62.9 cm³/mol. The maximum atomic E-state index is 9.77. The summed E-state index contributed by atoms with van der Waals surface area (Å²) < 4.78 is 0. The van der Waals surface area contributed by atoms with Crippen molar-refractivity contribution in [1.29, 1.82) is 0 Å². The van der Waals surface area contributed by atoms with Crippen molar-refractivity contribution in [3.8, 4) is 0 Å². The average Bonchev–Trinajstić information content (AvgIpc) is 2.28. The molecular weight excluding hydrogens is 210 g/mol. The van der Waals surface area contributed by atoms with Crippen LogP contribution >= 0.6 is 11.8 Å². The number of hydrogen-bond acceptors (Lipinski definition) is 4. The maximum absolute atomic E-state index is 9.77. The van der Waals surface area contributed by atoms with Crippen LogP contribution in [0.2, 0.25) is 0 Å². The summed E-state index contributed by atoms with van der Waals surface area (Å²) in [6.07, 6.45) is 0.778. The zero-order chi connectivity index (χ0) is 11.3. The fraction of sp³-hybridized carbons (Fsp3) is 0.455. The summed E-state index contributed by atoms with van der Waals surface area (Å²) in [5, 5.41) is 19.3. The second-order valence-electron chi connectivity index (χ2n) is 3.36. The Morgan fingerprint density at radius 2 is 1.87 bits per heavy atom. The van der Waals surface area contributed by atoms with E-state index in [1.807, 2.05) is 30.5 Å². The van der Waals surface area contributed by atoms with Gasteiger partial charge < -0.3 is 15.9 Å². The van der Waals surface area contributed by atoms with Crippen molar-refractivity contribution in [3.63, 3.8) is 0 Å². The fourth-order valence-electron chi connectivity index (χ4n) is 1.35. The third kappa shape index (κ3) is 3.50. The summed E-state index contributed by atoms with van der Waals surface area (Å²) in [5.41, 5.74) is 6.05. The first-order chi connectivity index (χ1) is 7.19. The van der Waals surface area contributed by atoms with Crippen LogP contribution in [0.4, 0.5) is 0 Å². The third-order valence-corrected chi connectivity index (χ3v) is 3.03. The van der Waals surface area contributed by atoms with E-state index in [4.69, 9.17) is 5.73 Å². The van der Waals surface area contributed by atoms with Gasteiger partial charge in [0.1, 0.15) is 6.10 Å². The van der Waals surface area contributed by atoms with E-state index in [2.05, 4.69) is 0 Å². The van der Waals surface area contributed by atoms with Gasteiger partial charge in [-0.25, -0.2) is 0 Å². The molecule has 0 spiro atoms. The largest absolute Gasteiger partial charge is 0.390 e. The van der Waals surface area contributed by atoms with Crippen molar-refractivity contribution in [2.75, 3.05) is 12.8 Å². The Morgan fingerprint density at radius 1 is 1.27 bits per heavy atom. The van der Waals surface area contributed by atoms with Crippen LogP contribution in [0.25, 0.3) is 0 Å². The summed E-state index contributed by atoms with van der Waals surface area (Å²) in [6.45, 7) is 0.376. The number of nitrogens with two attached hydrogens (primary N) is 1. The lowest BCUT2D eigenvalue weighted by molar-refractivity contribution is 0.0150. The van der Waals surface area contributed by atoms with Gasteiger partial charge in [-0.2, -0.15) is 0 Å². The Morgan fingerprint density at radius 3 is 2.33 bits per heavy atom. The zero-order valence-electron chi connectivity index (χ0n) is 8.76. The smallest absolute Gasteiger partial charge is 0.105 e. The quantitative estimate of drug-likeness (QED) is 0.660. The van der Waals surface area contributed by atoms with E-state index >= 15 is 0 Å². The Kier molecular flexibility index (Phi) is 5.11. The highest BCUT2D eigenvalue weighted by molar-refractivity contribution is 7.98. The van der Waals surface area contributed by atoms with Crippen LogP contribution in [0.3, 0.4) is 0 Å². The summed E-state index contributed by atoms with van der Waals surface area (Å²) >= 11 is 1.64. The molecule has 0 amide bonds. The first-order valence-electron chi connectivity index (χ1n) is 4.89. The van der Waals surface area contributed by atoms with Gasteiger partial charge in [0.05, 0.1) is 6.10 Å². The van der Waals surface area contributed by atoms with Gasteiger partial charge in [0.25, 0.3) is 0 Å². The van der Waals surface area contributed by atoms with Gasteiger partial charge in [0, 0.05) is 4.90 Å². The molecule has 0 aliphatic carbocycles. The topological polar surface area (TPSA) is 66.5 Å². The first kappa shape index (κ1) is 12.5. The summed E-state index contributed by atoms with van der Waals surface area (Å²) in [5.74, 6) is 0. The molecule has 1 rings (SSSR count). The molecule has 2 atom stereocenters. The molecule has 0 saturated heterocycles. The molecule has 1 aromatic rings. The third-order valence-electron chi connectivity index (χ3n) is 2.28. The van der Waals surface area contributed by atoms with Crippen molar-refractivity contribution < 1.29 is 10.2 Å². The van der Waals surface area contributed by atoms with Crippen LogP contribution in [0, 0.1) is 0 Å². The van der Waals surface area contributed by atoms with E-state index in [1.165, 1.54) is 0 Å². The average molecular weight is 227 g/mol. The molecule has 0 radical (unpaired) electrons. The fourth-order valence-corrected chi connectivity index (χ4v) is 1.76. The Balaban J connectivity index is 2.69. The Hall–Kier alpha value is -0.550. The van der Waals surface area contributed by atoms with Crippen molar-refractivity contribution in [3.05, 3.63) is 29.8 Å². The molecular formula is C11H17NO2S. The molecule has 0 aliphatic rings. The standard InChI is InChI=1S/C11H17NO2S/c1-15-9-4-2-8(3-5-9)11(14)10(13)6-7-12/h2-5,10-11,13-14H,6-7,12H2,1H3. The van der Waals surface area contributed by atoms with Crippen LogP contribution in [0.15, 0.2) is 29.2 Å². The highest BCUT2D eigenvalue weighted by atomic mass is 32.2. The minimum Gasteiger partial charge on any atom is -0.390 e. The molecule has 2 unspecified atom stereocenters. The SMILES string of the molecule is CSc1ccc(C(O)C(O)CCN)cc1. The van der Waals surface area contributed by atoms with Crippen molar-refractivity contribution in [2.24, 2.45) is 5.73 Å². The molecule has 4 heteroatoms. The van der Waals surface area contributed by atoms with E-state index < -0.39 is 12.2 Å². The van der Waals surface area contributed by atoms with Crippen LogP contribution in [-0.4, -0.2) is 29.1 Å². The van der Waals surface area contributed by atoms with Crippen LogP contribution in [-0.2, 0) is 0 Å². The van der Waals surface area contributed by atoms with Crippen molar-refractivity contribution in [1.82, 2.24) is 0 Å². The summed E-state index contributed by atoms with van der Waals surface area (Å²) in [7, 11) is 0. The monoisotopic (exact) mass is 227 g/mol. The molecule has 0 aromatic heterocycles. The van der Waals surface area contributed by atoms with Gasteiger partial charge in [0.2, 0.25) is 0 Å². The van der Waals surface area contributed by atoms with Crippen LogP contribution < -0.4 is 5.73 Å². The molecule has 3 nitrogen and oxygen atoms in total. The van der Waals surface area contributed by atoms with E-state index in [1.54, 1.807) is 11.8 Å². The van der Waals surface area contributed by atoms with Gasteiger partial charge in [-0.1, -0.05) is 12.1 Å². The molecule has 0 bridgehead atoms. The maximum Gasteiger partial charge on any atom is 0.105 e. The molecule has 0 heterocycles. The number of benzene rings is 1.